The molecule has 1 aromatic rings. The third-order valence-corrected chi connectivity index (χ3v) is 4.25. The molecule has 15 heavy (non-hydrogen) atoms. The van der Waals surface area contributed by atoms with E-state index in [0.717, 1.165) is 5.75 Å². The summed E-state index contributed by atoms with van der Waals surface area (Å²) in [6.45, 7) is 8.98. The molecule has 1 heterocycles. The number of rotatable bonds is 1. The molecule has 2 heteroatoms. The van der Waals surface area contributed by atoms with Crippen LogP contribution in [0, 0.1) is 0 Å². The predicted octanol–water partition coefficient (Wildman–Crippen LogP) is 4.11. The summed E-state index contributed by atoms with van der Waals surface area (Å²) in [6, 6.07) is 6.78. The van der Waals surface area contributed by atoms with Crippen LogP contribution in [-0.2, 0) is 0 Å². The molecule has 0 spiro atoms. The van der Waals surface area contributed by atoms with Crippen molar-refractivity contribution in [3.05, 3.63) is 23.8 Å². The fourth-order valence-corrected chi connectivity index (χ4v) is 2.86. The highest BCUT2D eigenvalue weighted by Crippen LogP contribution is 2.38. The molecule has 0 atom stereocenters. The first kappa shape index (κ1) is 10.9. The van der Waals surface area contributed by atoms with Gasteiger partial charge in [0.15, 0.2) is 0 Å². The van der Waals surface area contributed by atoms with E-state index in [0.29, 0.717) is 5.92 Å². The molecule has 2 rings (SSSR count). The van der Waals surface area contributed by atoms with Gasteiger partial charge in [-0.05, 0) is 37.5 Å². The first-order chi connectivity index (χ1) is 6.98. The number of nitrogens with one attached hydrogen (secondary N) is 1. The average molecular weight is 221 g/mol. The highest BCUT2D eigenvalue weighted by Gasteiger charge is 2.24. The minimum atomic E-state index is 0.219. The van der Waals surface area contributed by atoms with Crippen LogP contribution in [0.15, 0.2) is 23.1 Å². The normalized spacial score (nSPS) is 18.5. The highest BCUT2D eigenvalue weighted by atomic mass is 32.2. The molecule has 0 saturated carbocycles. The van der Waals surface area contributed by atoms with E-state index < -0.39 is 0 Å². The van der Waals surface area contributed by atoms with Gasteiger partial charge in [0.25, 0.3) is 0 Å². The van der Waals surface area contributed by atoms with Crippen LogP contribution in [0.25, 0.3) is 0 Å². The molecule has 1 nitrogen and oxygen atoms in total. The van der Waals surface area contributed by atoms with Crippen molar-refractivity contribution in [3.8, 4) is 0 Å². The van der Waals surface area contributed by atoms with Crippen LogP contribution < -0.4 is 5.32 Å². The van der Waals surface area contributed by atoms with Crippen LogP contribution in [0.3, 0.4) is 0 Å². The van der Waals surface area contributed by atoms with Crippen molar-refractivity contribution in [1.29, 1.82) is 0 Å². The van der Waals surface area contributed by atoms with Gasteiger partial charge < -0.3 is 5.32 Å². The van der Waals surface area contributed by atoms with Gasteiger partial charge in [-0.15, -0.1) is 11.8 Å². The van der Waals surface area contributed by atoms with E-state index in [9.17, 15) is 0 Å². The van der Waals surface area contributed by atoms with Crippen LogP contribution in [0.2, 0.25) is 0 Å². The Balaban J connectivity index is 2.32. The van der Waals surface area contributed by atoms with Gasteiger partial charge in [-0.3, -0.25) is 0 Å². The summed E-state index contributed by atoms with van der Waals surface area (Å²) in [5.74, 6) is 1.76. The van der Waals surface area contributed by atoms with Crippen LogP contribution in [-0.4, -0.2) is 11.3 Å². The van der Waals surface area contributed by atoms with Crippen molar-refractivity contribution in [2.45, 2.75) is 44.0 Å². The molecular weight excluding hydrogens is 202 g/mol. The van der Waals surface area contributed by atoms with Crippen molar-refractivity contribution in [2.24, 2.45) is 0 Å². The smallest absolute Gasteiger partial charge is 0.0482 e. The molecule has 0 saturated heterocycles. The minimum absolute atomic E-state index is 0.219. The summed E-state index contributed by atoms with van der Waals surface area (Å²) >= 11 is 1.96. The monoisotopic (exact) mass is 221 g/mol. The standard InChI is InChI=1S/C13H19NS/c1-9(2)10-5-6-11-12(7-10)15-8-13(3,4)14-11/h5-7,9,14H,8H2,1-4H3. The summed E-state index contributed by atoms with van der Waals surface area (Å²) in [4.78, 5) is 1.40. The second kappa shape index (κ2) is 3.75. The number of hydrogen-bond acceptors (Lipinski definition) is 2. The van der Waals surface area contributed by atoms with Gasteiger partial charge in [-0.2, -0.15) is 0 Å². The maximum Gasteiger partial charge on any atom is 0.0482 e. The predicted molar refractivity (Wildman–Crippen MR) is 69.0 cm³/mol. The molecular formula is C13H19NS. The SMILES string of the molecule is CC(C)c1ccc2c(c1)SCC(C)(C)N2. The lowest BCUT2D eigenvalue weighted by molar-refractivity contribution is 0.637. The van der Waals surface area contributed by atoms with E-state index in [2.05, 4.69) is 51.2 Å². The maximum absolute atomic E-state index is 3.58. The lowest BCUT2D eigenvalue weighted by Crippen LogP contribution is -2.36. The Kier molecular flexibility index (Phi) is 2.72. The fourth-order valence-electron chi connectivity index (χ4n) is 1.78. The fraction of sp³-hybridized carbons (Fsp3) is 0.538. The van der Waals surface area contributed by atoms with Crippen molar-refractivity contribution >= 4 is 17.4 Å². The summed E-state index contributed by atoms with van der Waals surface area (Å²) in [7, 11) is 0. The van der Waals surface area contributed by atoms with Gasteiger partial charge in [0.05, 0.1) is 0 Å². The highest BCUT2D eigenvalue weighted by molar-refractivity contribution is 7.99. The van der Waals surface area contributed by atoms with Crippen molar-refractivity contribution in [3.63, 3.8) is 0 Å². The second-order valence-electron chi connectivity index (χ2n) is 5.21. The van der Waals surface area contributed by atoms with E-state index in [1.807, 2.05) is 11.8 Å². The van der Waals surface area contributed by atoms with E-state index in [-0.39, 0.29) is 5.54 Å². The minimum Gasteiger partial charge on any atom is -0.378 e. The molecule has 0 aliphatic carbocycles. The third-order valence-electron chi connectivity index (χ3n) is 2.73. The molecule has 1 aromatic carbocycles. The molecule has 0 aromatic heterocycles. The molecule has 0 radical (unpaired) electrons. The van der Waals surface area contributed by atoms with Crippen LogP contribution in [0.5, 0.6) is 0 Å². The topological polar surface area (TPSA) is 12.0 Å². The lowest BCUT2D eigenvalue weighted by atomic mass is 10.0. The van der Waals surface area contributed by atoms with Gasteiger partial charge in [0.2, 0.25) is 0 Å². The molecule has 0 fully saturated rings. The Morgan fingerprint density at radius 1 is 1.33 bits per heavy atom. The zero-order valence-corrected chi connectivity index (χ0v) is 10.7. The lowest BCUT2D eigenvalue weighted by Gasteiger charge is -2.33. The number of anilines is 1. The van der Waals surface area contributed by atoms with E-state index >= 15 is 0 Å². The quantitative estimate of drug-likeness (QED) is 0.766. The summed E-state index contributed by atoms with van der Waals surface area (Å²) in [6.07, 6.45) is 0. The molecule has 1 N–H and O–H groups in total. The van der Waals surface area contributed by atoms with E-state index in [4.69, 9.17) is 0 Å². The molecule has 1 aliphatic rings. The van der Waals surface area contributed by atoms with Gasteiger partial charge in [-0.25, -0.2) is 0 Å². The molecule has 0 bridgehead atoms. The first-order valence-electron chi connectivity index (χ1n) is 5.53. The largest absolute Gasteiger partial charge is 0.378 e. The van der Waals surface area contributed by atoms with Crippen molar-refractivity contribution in [1.82, 2.24) is 0 Å². The summed E-state index contributed by atoms with van der Waals surface area (Å²) in [5.41, 5.74) is 2.94. The molecule has 1 aliphatic heterocycles. The van der Waals surface area contributed by atoms with Gasteiger partial charge in [0.1, 0.15) is 0 Å². The summed E-state index contributed by atoms with van der Waals surface area (Å²) < 4.78 is 0. The zero-order chi connectivity index (χ0) is 11.1. The molecule has 0 amide bonds. The Hall–Kier alpha value is -0.630. The van der Waals surface area contributed by atoms with Crippen LogP contribution >= 0.6 is 11.8 Å². The third kappa shape index (κ3) is 2.31. The number of hydrogen-bond donors (Lipinski definition) is 1. The van der Waals surface area contributed by atoms with Crippen molar-refractivity contribution in [2.75, 3.05) is 11.1 Å². The average Bonchev–Trinajstić information content (AvgIpc) is 2.15. The Bertz CT molecular complexity index is 369. The molecule has 82 valence electrons. The van der Waals surface area contributed by atoms with Crippen LogP contribution in [0.4, 0.5) is 5.69 Å². The first-order valence-corrected chi connectivity index (χ1v) is 6.51. The Morgan fingerprint density at radius 3 is 2.73 bits per heavy atom. The van der Waals surface area contributed by atoms with Gasteiger partial charge >= 0.3 is 0 Å². The Labute approximate surface area is 96.7 Å². The van der Waals surface area contributed by atoms with Crippen LogP contribution in [0.1, 0.15) is 39.2 Å². The summed E-state index contributed by atoms with van der Waals surface area (Å²) in [5, 5.41) is 3.58. The number of benzene rings is 1. The van der Waals surface area contributed by atoms with E-state index in [1.54, 1.807) is 0 Å². The molecule has 0 unspecified atom stereocenters. The Morgan fingerprint density at radius 2 is 2.07 bits per heavy atom. The number of thioether (sulfide) groups is 1. The maximum atomic E-state index is 3.58. The van der Waals surface area contributed by atoms with Gasteiger partial charge in [0, 0.05) is 21.9 Å². The van der Waals surface area contributed by atoms with Crippen molar-refractivity contribution < 1.29 is 0 Å². The van der Waals surface area contributed by atoms with E-state index in [1.165, 1.54) is 16.1 Å². The second-order valence-corrected chi connectivity index (χ2v) is 6.23. The zero-order valence-electron chi connectivity index (χ0n) is 9.92. The number of fused-ring (bicyclic) bond motifs is 1. The van der Waals surface area contributed by atoms with Gasteiger partial charge in [-0.1, -0.05) is 19.9 Å².